The van der Waals surface area contributed by atoms with E-state index in [1.165, 1.54) is 7.11 Å². The third-order valence-corrected chi connectivity index (χ3v) is 9.88. The van der Waals surface area contributed by atoms with Gasteiger partial charge in [-0.25, -0.2) is 0 Å². The second kappa shape index (κ2) is 13.9. The lowest BCUT2D eigenvalue weighted by atomic mass is 9.83. The van der Waals surface area contributed by atoms with Crippen LogP contribution in [0.3, 0.4) is 0 Å². The molecular formula is C42H39N3O6. The van der Waals surface area contributed by atoms with Crippen molar-refractivity contribution in [3.63, 3.8) is 0 Å². The zero-order valence-electron chi connectivity index (χ0n) is 28.5. The molecule has 3 amide bonds. The fourth-order valence-corrected chi connectivity index (χ4v) is 7.17. The van der Waals surface area contributed by atoms with E-state index in [1.54, 1.807) is 52.0 Å². The maximum atomic E-state index is 14.2. The Bertz CT molecular complexity index is 2140. The SMILES string of the molecule is COc1ccc2c(c1)[C@](O)([C@@H](C)/C=C/CC(=O)N(CCO)Cc1ccccc1)C(=O)N2Cc1ccc(N2C(=O)c3cccc4cccc2c34)cc1. The summed E-state index contributed by atoms with van der Waals surface area (Å²) in [4.78, 5) is 45.7. The molecule has 0 spiro atoms. The van der Waals surface area contributed by atoms with Crippen molar-refractivity contribution in [3.05, 3.63) is 144 Å². The van der Waals surface area contributed by atoms with Crippen LogP contribution >= 0.6 is 0 Å². The fourth-order valence-electron chi connectivity index (χ4n) is 7.17. The highest BCUT2D eigenvalue weighted by molar-refractivity contribution is 6.27. The van der Waals surface area contributed by atoms with Crippen LogP contribution in [0.4, 0.5) is 17.1 Å². The quantitative estimate of drug-likeness (QED) is 0.146. The molecule has 2 aliphatic heterocycles. The van der Waals surface area contributed by atoms with Gasteiger partial charge in [0.25, 0.3) is 11.8 Å². The van der Waals surface area contributed by atoms with Crippen LogP contribution in [0.2, 0.25) is 0 Å². The summed E-state index contributed by atoms with van der Waals surface area (Å²) in [5, 5.41) is 23.7. The molecule has 0 fully saturated rings. The Balaban J connectivity index is 1.10. The van der Waals surface area contributed by atoms with Crippen LogP contribution in [0.1, 0.15) is 40.4 Å². The molecule has 51 heavy (non-hydrogen) atoms. The lowest BCUT2D eigenvalue weighted by Crippen LogP contribution is -2.44. The second-order valence-corrected chi connectivity index (χ2v) is 13.0. The summed E-state index contributed by atoms with van der Waals surface area (Å²) in [6.45, 7) is 2.34. The van der Waals surface area contributed by atoms with E-state index < -0.39 is 17.4 Å². The molecule has 0 saturated carbocycles. The maximum absolute atomic E-state index is 14.2. The molecule has 2 aliphatic rings. The highest BCUT2D eigenvalue weighted by Crippen LogP contribution is 2.47. The Morgan fingerprint density at radius 2 is 1.65 bits per heavy atom. The number of anilines is 3. The van der Waals surface area contributed by atoms with Gasteiger partial charge in [0, 0.05) is 42.1 Å². The molecular weight excluding hydrogens is 642 g/mol. The molecule has 5 aromatic carbocycles. The third kappa shape index (κ3) is 6.05. The predicted molar refractivity (Wildman–Crippen MR) is 197 cm³/mol. The number of hydrogen-bond acceptors (Lipinski definition) is 6. The van der Waals surface area contributed by atoms with E-state index in [0.29, 0.717) is 29.1 Å². The molecule has 5 aromatic rings. The molecule has 0 unspecified atom stereocenters. The monoisotopic (exact) mass is 681 g/mol. The largest absolute Gasteiger partial charge is 0.497 e. The van der Waals surface area contributed by atoms with Crippen molar-refractivity contribution in [2.45, 2.75) is 32.0 Å². The van der Waals surface area contributed by atoms with Crippen LogP contribution in [0.25, 0.3) is 10.8 Å². The minimum Gasteiger partial charge on any atom is -0.497 e. The lowest BCUT2D eigenvalue weighted by molar-refractivity contribution is -0.139. The zero-order valence-corrected chi connectivity index (χ0v) is 28.5. The Hall–Kier alpha value is -5.77. The van der Waals surface area contributed by atoms with E-state index in [4.69, 9.17) is 4.74 Å². The molecule has 0 aliphatic carbocycles. The van der Waals surface area contributed by atoms with E-state index in [0.717, 1.165) is 33.3 Å². The van der Waals surface area contributed by atoms with Gasteiger partial charge in [-0.05, 0) is 59.0 Å². The first-order valence-electron chi connectivity index (χ1n) is 17.0. The topological polar surface area (TPSA) is 111 Å². The number of nitrogens with zero attached hydrogens (tertiary/aromatic N) is 3. The maximum Gasteiger partial charge on any atom is 0.264 e. The summed E-state index contributed by atoms with van der Waals surface area (Å²) < 4.78 is 5.46. The van der Waals surface area contributed by atoms with Gasteiger partial charge in [-0.15, -0.1) is 0 Å². The number of ether oxygens (including phenoxy) is 1. The number of aliphatic hydroxyl groups excluding tert-OH is 1. The minimum atomic E-state index is -1.91. The summed E-state index contributed by atoms with van der Waals surface area (Å²) in [6.07, 6.45) is 3.41. The molecule has 0 saturated heterocycles. The van der Waals surface area contributed by atoms with Crippen molar-refractivity contribution < 1.29 is 29.3 Å². The number of rotatable bonds is 12. The van der Waals surface area contributed by atoms with E-state index in [9.17, 15) is 24.6 Å². The smallest absolute Gasteiger partial charge is 0.264 e. The summed E-state index contributed by atoms with van der Waals surface area (Å²) in [6, 6.07) is 33.9. The molecule has 258 valence electrons. The Morgan fingerprint density at radius 3 is 2.37 bits per heavy atom. The normalized spacial score (nSPS) is 17.0. The van der Waals surface area contributed by atoms with Gasteiger partial charge in [0.1, 0.15) is 5.75 Å². The van der Waals surface area contributed by atoms with Crippen LogP contribution in [0.5, 0.6) is 5.75 Å². The first-order valence-corrected chi connectivity index (χ1v) is 17.0. The third-order valence-electron chi connectivity index (χ3n) is 9.88. The number of benzene rings is 5. The zero-order chi connectivity index (χ0) is 35.7. The Labute approximate surface area is 296 Å². The molecule has 9 nitrogen and oxygen atoms in total. The lowest BCUT2D eigenvalue weighted by Gasteiger charge is -2.28. The van der Waals surface area contributed by atoms with Crippen molar-refractivity contribution in [2.75, 3.05) is 30.1 Å². The van der Waals surface area contributed by atoms with E-state index >= 15 is 0 Å². The Kier molecular flexibility index (Phi) is 9.16. The number of fused-ring (bicyclic) bond motifs is 1. The number of hydrogen-bond donors (Lipinski definition) is 2. The van der Waals surface area contributed by atoms with Crippen LogP contribution in [0, 0.1) is 5.92 Å². The molecule has 2 heterocycles. The van der Waals surface area contributed by atoms with E-state index in [1.807, 2.05) is 91.0 Å². The van der Waals surface area contributed by atoms with Gasteiger partial charge in [-0.3, -0.25) is 19.3 Å². The highest BCUT2D eigenvalue weighted by atomic mass is 16.5. The summed E-state index contributed by atoms with van der Waals surface area (Å²) in [5.74, 6) is -0.935. The number of amides is 3. The average molecular weight is 682 g/mol. The summed E-state index contributed by atoms with van der Waals surface area (Å²) in [7, 11) is 1.53. The average Bonchev–Trinajstić information content (AvgIpc) is 3.56. The minimum absolute atomic E-state index is 0.0432. The predicted octanol–water partition coefficient (Wildman–Crippen LogP) is 6.48. The number of carbonyl (C=O) groups is 3. The number of methoxy groups -OCH3 is 1. The van der Waals surface area contributed by atoms with Crippen LogP contribution in [0.15, 0.2) is 121 Å². The van der Waals surface area contributed by atoms with Gasteiger partial charge in [0.15, 0.2) is 5.60 Å². The van der Waals surface area contributed by atoms with Gasteiger partial charge < -0.3 is 24.7 Å². The summed E-state index contributed by atoms with van der Waals surface area (Å²) in [5.41, 5.74) is 3.07. The molecule has 0 bridgehead atoms. The summed E-state index contributed by atoms with van der Waals surface area (Å²) >= 11 is 0. The van der Waals surface area contributed by atoms with Gasteiger partial charge in [0.05, 0.1) is 37.2 Å². The molecule has 9 heteroatoms. The highest BCUT2D eigenvalue weighted by Gasteiger charge is 2.52. The van der Waals surface area contributed by atoms with Crippen LogP contribution in [-0.4, -0.2) is 53.1 Å². The van der Waals surface area contributed by atoms with Crippen molar-refractivity contribution in [2.24, 2.45) is 5.92 Å². The fraction of sp³-hybridized carbons (Fsp3) is 0.214. The van der Waals surface area contributed by atoms with E-state index in [-0.39, 0.29) is 37.9 Å². The Morgan fingerprint density at radius 1 is 0.902 bits per heavy atom. The molecule has 0 radical (unpaired) electrons. The molecule has 2 N–H and O–H groups in total. The first kappa shape index (κ1) is 33.7. The van der Waals surface area contributed by atoms with Gasteiger partial charge >= 0.3 is 0 Å². The van der Waals surface area contributed by atoms with Crippen molar-refractivity contribution in [3.8, 4) is 5.75 Å². The molecule has 0 aromatic heterocycles. The second-order valence-electron chi connectivity index (χ2n) is 13.0. The first-order chi connectivity index (χ1) is 24.7. The van der Waals surface area contributed by atoms with Gasteiger partial charge in [-0.1, -0.05) is 85.8 Å². The van der Waals surface area contributed by atoms with Crippen molar-refractivity contribution >= 4 is 45.6 Å². The standard InChI is InChI=1S/C42H39N3O6/c1-28(9-6-16-38(47)43(23-24-46)26-29-10-4-3-5-11-29)42(50)35-25-33(51-2)21-22-36(35)44(41(42)49)27-30-17-19-32(20-18-30)45-37-15-8-13-31-12-7-14-34(39(31)37)40(45)48/h3-15,17-22,25,28,46,50H,16,23-24,26-27H2,1-2H3/b9-6+/t28-,42+/m0/s1. The van der Waals surface area contributed by atoms with Crippen LogP contribution < -0.4 is 14.5 Å². The number of carbonyl (C=O) groups excluding carboxylic acids is 3. The molecule has 7 rings (SSSR count). The van der Waals surface area contributed by atoms with E-state index in [2.05, 4.69) is 0 Å². The number of aliphatic hydroxyl groups is 2. The molecule has 2 atom stereocenters. The van der Waals surface area contributed by atoms with Crippen molar-refractivity contribution in [1.82, 2.24) is 4.90 Å². The van der Waals surface area contributed by atoms with Crippen molar-refractivity contribution in [1.29, 1.82) is 0 Å². The van der Waals surface area contributed by atoms with Crippen LogP contribution in [-0.2, 0) is 28.3 Å². The van der Waals surface area contributed by atoms with Gasteiger partial charge in [-0.2, -0.15) is 0 Å². The van der Waals surface area contributed by atoms with Gasteiger partial charge in [0.2, 0.25) is 5.91 Å².